The van der Waals surface area contributed by atoms with Crippen LogP contribution in [0.3, 0.4) is 0 Å². The predicted molar refractivity (Wildman–Crippen MR) is 50.1 cm³/mol. The standard InChI is InChI=1S/C10H20O3/c1-4-5-6-8(7-11)9-12-10(2,3)13-9/h8-9,11H,4-7H2,1-3H3. The Morgan fingerprint density at radius 2 is 2.00 bits per heavy atom. The summed E-state index contributed by atoms with van der Waals surface area (Å²) in [5, 5.41) is 9.10. The van der Waals surface area contributed by atoms with Gasteiger partial charge in [-0.25, -0.2) is 0 Å². The quantitative estimate of drug-likeness (QED) is 0.716. The zero-order chi connectivity index (χ0) is 9.90. The summed E-state index contributed by atoms with van der Waals surface area (Å²) in [6.07, 6.45) is 3.06. The van der Waals surface area contributed by atoms with Crippen LogP contribution in [0.5, 0.6) is 0 Å². The summed E-state index contributed by atoms with van der Waals surface area (Å²) in [7, 11) is 0. The fourth-order valence-electron chi connectivity index (χ4n) is 1.54. The molecule has 1 aliphatic heterocycles. The minimum absolute atomic E-state index is 0.146. The monoisotopic (exact) mass is 188 g/mol. The maximum Gasteiger partial charge on any atom is 0.169 e. The van der Waals surface area contributed by atoms with Gasteiger partial charge < -0.3 is 14.6 Å². The molecule has 0 aromatic carbocycles. The second-order valence-corrected chi connectivity index (χ2v) is 4.09. The fourth-order valence-corrected chi connectivity index (χ4v) is 1.54. The molecule has 0 saturated carbocycles. The molecular formula is C10H20O3. The summed E-state index contributed by atoms with van der Waals surface area (Å²) in [5.74, 6) is -0.294. The molecule has 1 aliphatic rings. The van der Waals surface area contributed by atoms with Crippen molar-refractivity contribution in [3.05, 3.63) is 0 Å². The Bertz CT molecular complexity index is 148. The van der Waals surface area contributed by atoms with Crippen LogP contribution in [0.25, 0.3) is 0 Å². The normalized spacial score (nSPS) is 24.0. The minimum Gasteiger partial charge on any atom is -0.396 e. The van der Waals surface area contributed by atoms with Gasteiger partial charge in [0.2, 0.25) is 0 Å². The van der Waals surface area contributed by atoms with E-state index in [1.54, 1.807) is 0 Å². The Morgan fingerprint density at radius 1 is 1.38 bits per heavy atom. The lowest BCUT2D eigenvalue weighted by molar-refractivity contribution is -0.451. The van der Waals surface area contributed by atoms with Gasteiger partial charge >= 0.3 is 0 Å². The van der Waals surface area contributed by atoms with Gasteiger partial charge in [-0.05, 0) is 20.3 Å². The van der Waals surface area contributed by atoms with Crippen molar-refractivity contribution >= 4 is 0 Å². The lowest BCUT2D eigenvalue weighted by Crippen LogP contribution is -2.53. The van der Waals surface area contributed by atoms with Crippen molar-refractivity contribution in [3.63, 3.8) is 0 Å². The van der Waals surface area contributed by atoms with Crippen LogP contribution in [0.4, 0.5) is 0 Å². The highest BCUT2D eigenvalue weighted by molar-refractivity contribution is 4.74. The molecule has 0 aliphatic carbocycles. The van der Waals surface area contributed by atoms with Crippen LogP contribution in [-0.2, 0) is 9.47 Å². The van der Waals surface area contributed by atoms with E-state index < -0.39 is 5.79 Å². The number of aliphatic hydroxyl groups is 1. The Labute approximate surface area is 80.0 Å². The van der Waals surface area contributed by atoms with Gasteiger partial charge in [0, 0.05) is 5.92 Å². The third-order valence-electron chi connectivity index (χ3n) is 2.35. The second kappa shape index (κ2) is 4.40. The van der Waals surface area contributed by atoms with E-state index in [1.165, 1.54) is 0 Å². The van der Waals surface area contributed by atoms with E-state index >= 15 is 0 Å². The zero-order valence-electron chi connectivity index (χ0n) is 8.75. The number of hydrogen-bond donors (Lipinski definition) is 1. The minimum atomic E-state index is -0.440. The van der Waals surface area contributed by atoms with Gasteiger partial charge in [0.15, 0.2) is 12.1 Å². The fraction of sp³-hybridized carbons (Fsp3) is 1.00. The summed E-state index contributed by atoms with van der Waals surface area (Å²) in [4.78, 5) is 0. The molecule has 1 unspecified atom stereocenters. The van der Waals surface area contributed by atoms with Gasteiger partial charge in [-0.2, -0.15) is 0 Å². The second-order valence-electron chi connectivity index (χ2n) is 4.09. The molecule has 0 bridgehead atoms. The number of hydrogen-bond acceptors (Lipinski definition) is 3. The van der Waals surface area contributed by atoms with Crippen molar-refractivity contribution in [1.29, 1.82) is 0 Å². The SMILES string of the molecule is CCCCC(CO)C1OC(C)(C)O1. The first kappa shape index (κ1) is 11.0. The zero-order valence-corrected chi connectivity index (χ0v) is 8.75. The molecule has 3 heteroatoms. The Morgan fingerprint density at radius 3 is 2.38 bits per heavy atom. The molecule has 0 radical (unpaired) electrons. The molecule has 1 rings (SSSR count). The van der Waals surface area contributed by atoms with Crippen molar-refractivity contribution in [3.8, 4) is 0 Å². The van der Waals surface area contributed by atoms with Crippen molar-refractivity contribution in [1.82, 2.24) is 0 Å². The molecule has 1 N–H and O–H groups in total. The molecule has 0 aromatic heterocycles. The summed E-state index contributed by atoms with van der Waals surface area (Å²) in [5.41, 5.74) is 0. The van der Waals surface area contributed by atoms with Gasteiger partial charge in [0.05, 0.1) is 6.61 Å². The van der Waals surface area contributed by atoms with Gasteiger partial charge in [0.1, 0.15) is 0 Å². The largest absolute Gasteiger partial charge is 0.396 e. The molecule has 1 atom stereocenters. The number of unbranched alkanes of at least 4 members (excludes halogenated alkanes) is 1. The third-order valence-corrected chi connectivity index (χ3v) is 2.35. The van der Waals surface area contributed by atoms with E-state index in [9.17, 15) is 0 Å². The molecule has 0 spiro atoms. The summed E-state index contributed by atoms with van der Waals surface area (Å²) in [6.45, 7) is 6.07. The van der Waals surface area contributed by atoms with Gasteiger partial charge in [0.25, 0.3) is 0 Å². The van der Waals surface area contributed by atoms with Crippen LogP contribution >= 0.6 is 0 Å². The maximum atomic E-state index is 9.10. The average molecular weight is 188 g/mol. The molecule has 1 heterocycles. The predicted octanol–water partition coefficient (Wildman–Crippen LogP) is 1.89. The van der Waals surface area contributed by atoms with E-state index in [2.05, 4.69) is 6.92 Å². The summed E-state index contributed by atoms with van der Waals surface area (Å²) >= 11 is 0. The molecule has 3 nitrogen and oxygen atoms in total. The van der Waals surface area contributed by atoms with Crippen molar-refractivity contribution in [2.75, 3.05) is 6.61 Å². The lowest BCUT2D eigenvalue weighted by Gasteiger charge is -2.46. The maximum absolute atomic E-state index is 9.10. The first-order chi connectivity index (χ1) is 6.09. The number of ether oxygens (including phenoxy) is 2. The van der Waals surface area contributed by atoms with E-state index in [4.69, 9.17) is 14.6 Å². The smallest absolute Gasteiger partial charge is 0.169 e. The Balaban J connectivity index is 2.25. The highest BCUT2D eigenvalue weighted by Crippen LogP contribution is 2.34. The average Bonchev–Trinajstić information content (AvgIpc) is 2.02. The van der Waals surface area contributed by atoms with Gasteiger partial charge in [-0.3, -0.25) is 0 Å². The van der Waals surface area contributed by atoms with Crippen LogP contribution in [0, 0.1) is 5.92 Å². The van der Waals surface area contributed by atoms with Gasteiger partial charge in [-0.1, -0.05) is 19.8 Å². The molecule has 0 aromatic rings. The highest BCUT2D eigenvalue weighted by atomic mass is 16.9. The molecule has 0 amide bonds. The van der Waals surface area contributed by atoms with Crippen LogP contribution < -0.4 is 0 Å². The van der Waals surface area contributed by atoms with Crippen LogP contribution in [0.1, 0.15) is 40.0 Å². The Kier molecular flexibility index (Phi) is 3.71. The molecule has 1 fully saturated rings. The van der Waals surface area contributed by atoms with Crippen LogP contribution in [0.2, 0.25) is 0 Å². The molecule has 1 saturated heterocycles. The highest BCUT2D eigenvalue weighted by Gasteiger charge is 2.42. The van der Waals surface area contributed by atoms with Crippen LogP contribution in [0.15, 0.2) is 0 Å². The first-order valence-corrected chi connectivity index (χ1v) is 5.05. The van der Waals surface area contributed by atoms with Crippen molar-refractivity contribution < 1.29 is 14.6 Å². The third kappa shape index (κ3) is 2.93. The summed E-state index contributed by atoms with van der Waals surface area (Å²) in [6, 6.07) is 0. The van der Waals surface area contributed by atoms with E-state index in [1.807, 2.05) is 13.8 Å². The van der Waals surface area contributed by atoms with Crippen LogP contribution in [-0.4, -0.2) is 23.8 Å². The lowest BCUT2D eigenvalue weighted by atomic mass is 10.0. The number of aliphatic hydroxyl groups excluding tert-OH is 1. The first-order valence-electron chi connectivity index (χ1n) is 5.05. The molecular weight excluding hydrogens is 168 g/mol. The molecule has 13 heavy (non-hydrogen) atoms. The van der Waals surface area contributed by atoms with Crippen molar-refractivity contribution in [2.24, 2.45) is 5.92 Å². The number of rotatable bonds is 5. The van der Waals surface area contributed by atoms with E-state index in [-0.39, 0.29) is 18.8 Å². The summed E-state index contributed by atoms with van der Waals surface area (Å²) < 4.78 is 11.0. The van der Waals surface area contributed by atoms with E-state index in [0.29, 0.717) is 0 Å². The topological polar surface area (TPSA) is 38.7 Å². The Hall–Kier alpha value is -0.120. The molecule has 78 valence electrons. The van der Waals surface area contributed by atoms with Gasteiger partial charge in [-0.15, -0.1) is 0 Å². The van der Waals surface area contributed by atoms with Crippen molar-refractivity contribution in [2.45, 2.75) is 52.1 Å². The van der Waals surface area contributed by atoms with E-state index in [0.717, 1.165) is 19.3 Å².